The lowest BCUT2D eigenvalue weighted by molar-refractivity contribution is -0.145. The lowest BCUT2D eigenvalue weighted by Gasteiger charge is -2.37. The van der Waals surface area contributed by atoms with E-state index in [1.807, 2.05) is 20.8 Å². The Morgan fingerprint density at radius 1 is 1.02 bits per heavy atom. The van der Waals surface area contributed by atoms with Gasteiger partial charge in [-0.1, -0.05) is 39.3 Å². The van der Waals surface area contributed by atoms with Crippen LogP contribution >= 0.6 is 23.2 Å². The van der Waals surface area contributed by atoms with Crippen molar-refractivity contribution in [2.24, 2.45) is 17.3 Å². The Balaban J connectivity index is 1.78. The monoisotopic (exact) mass is 626 g/mol. The molecule has 0 aromatic heterocycles. The molecule has 234 valence electrons. The summed E-state index contributed by atoms with van der Waals surface area (Å²) >= 11 is 13.0. The molecule has 10 nitrogen and oxygen atoms in total. The number of amides is 4. The molecule has 1 saturated heterocycles. The van der Waals surface area contributed by atoms with E-state index in [0.717, 1.165) is 32.1 Å². The van der Waals surface area contributed by atoms with Crippen molar-refractivity contribution in [2.45, 2.75) is 101 Å². The zero-order valence-electron chi connectivity index (χ0n) is 24.8. The second-order valence-corrected chi connectivity index (χ2v) is 13.9. The molecule has 0 aromatic rings. The molecule has 1 heterocycles. The maximum Gasteiger partial charge on any atom is 0.408 e. The number of hydrogen-bond acceptors (Lipinski definition) is 6. The normalized spacial score (nSPS) is 24.4. The first-order valence-corrected chi connectivity index (χ1v) is 15.5. The van der Waals surface area contributed by atoms with E-state index in [-0.39, 0.29) is 31.5 Å². The van der Waals surface area contributed by atoms with Crippen molar-refractivity contribution in [2.75, 3.05) is 13.1 Å². The number of nitrogens with one attached hydrogen (secondary N) is 3. The van der Waals surface area contributed by atoms with Crippen LogP contribution in [0.5, 0.6) is 0 Å². The van der Waals surface area contributed by atoms with Crippen molar-refractivity contribution in [3.05, 3.63) is 25.3 Å². The second kappa shape index (κ2) is 14.3. The highest BCUT2D eigenvalue weighted by Gasteiger charge is 2.74. The zero-order valence-corrected chi connectivity index (χ0v) is 26.3. The molecular weight excluding hydrogens is 583 g/mol. The molecule has 12 heteroatoms. The number of ketones is 1. The summed E-state index contributed by atoms with van der Waals surface area (Å²) in [6.07, 6.45) is 7.95. The molecule has 42 heavy (non-hydrogen) atoms. The highest BCUT2D eigenvalue weighted by molar-refractivity contribution is 6.51. The van der Waals surface area contributed by atoms with Crippen LogP contribution in [0.4, 0.5) is 4.79 Å². The maximum atomic E-state index is 14.0. The first-order valence-electron chi connectivity index (χ1n) is 14.7. The fourth-order valence-corrected chi connectivity index (χ4v) is 6.60. The predicted octanol–water partition coefficient (Wildman–Crippen LogP) is 3.80. The van der Waals surface area contributed by atoms with Gasteiger partial charge in [0.1, 0.15) is 22.5 Å². The number of likely N-dealkylation sites (tertiary alicyclic amines) is 1. The maximum absolute atomic E-state index is 14.0. The molecule has 0 aromatic carbocycles. The van der Waals surface area contributed by atoms with E-state index < -0.39 is 63.4 Å². The van der Waals surface area contributed by atoms with Crippen molar-refractivity contribution < 1.29 is 28.7 Å². The van der Waals surface area contributed by atoms with Crippen LogP contribution in [0.3, 0.4) is 0 Å². The lowest BCUT2D eigenvalue weighted by Crippen LogP contribution is -2.60. The Bertz CT molecular complexity index is 1070. The molecule has 1 aliphatic heterocycles. The number of alkyl carbamates (subject to hydrolysis) is 1. The summed E-state index contributed by atoms with van der Waals surface area (Å²) in [5.74, 6) is -3.68. The third-order valence-corrected chi connectivity index (χ3v) is 9.30. The number of hydrogen-bond donors (Lipinski definition) is 3. The van der Waals surface area contributed by atoms with Gasteiger partial charge in [0, 0.05) is 24.9 Å². The number of allylic oxidation sites excluding steroid dienone is 1. The van der Waals surface area contributed by atoms with Crippen LogP contribution in [0.2, 0.25) is 0 Å². The van der Waals surface area contributed by atoms with Gasteiger partial charge >= 0.3 is 6.09 Å². The summed E-state index contributed by atoms with van der Waals surface area (Å²) in [6, 6.07) is -3.24. The number of alkyl halides is 2. The molecule has 3 fully saturated rings. The van der Waals surface area contributed by atoms with Crippen molar-refractivity contribution in [3.8, 4) is 0 Å². The summed E-state index contributed by atoms with van der Waals surface area (Å²) in [6.45, 7) is 13.0. The van der Waals surface area contributed by atoms with Crippen LogP contribution in [-0.4, -0.2) is 76.2 Å². The highest BCUT2D eigenvalue weighted by Crippen LogP contribution is 2.65. The molecule has 4 amide bonds. The smallest absolute Gasteiger partial charge is 0.408 e. The second-order valence-electron chi connectivity index (χ2n) is 12.5. The molecule has 5 atom stereocenters. The van der Waals surface area contributed by atoms with Crippen molar-refractivity contribution >= 4 is 52.8 Å². The van der Waals surface area contributed by atoms with Gasteiger partial charge in [0.2, 0.25) is 17.6 Å². The molecule has 0 bridgehead atoms. The van der Waals surface area contributed by atoms with Crippen LogP contribution in [0.25, 0.3) is 0 Å². The molecule has 3 N–H and O–H groups in total. The Morgan fingerprint density at radius 3 is 2.26 bits per heavy atom. The number of rotatable bonds is 13. The Kier molecular flexibility index (Phi) is 11.5. The van der Waals surface area contributed by atoms with Crippen molar-refractivity contribution in [3.63, 3.8) is 0 Å². The Labute approximate surface area is 258 Å². The molecule has 2 aliphatic carbocycles. The molecular formula is C30H44Cl2N4O6. The largest absolute Gasteiger partial charge is 0.446 e. The number of nitrogens with zero attached hydrogens (tertiary/aromatic N) is 1. The third-order valence-electron chi connectivity index (χ3n) is 8.24. The van der Waals surface area contributed by atoms with Crippen LogP contribution in [0.15, 0.2) is 25.3 Å². The van der Waals surface area contributed by atoms with E-state index in [2.05, 4.69) is 29.1 Å². The van der Waals surface area contributed by atoms with Crippen LogP contribution < -0.4 is 16.0 Å². The van der Waals surface area contributed by atoms with Gasteiger partial charge in [-0.3, -0.25) is 19.2 Å². The number of carbonyl (C=O) groups is 5. The van der Waals surface area contributed by atoms with Gasteiger partial charge in [-0.05, 0) is 50.4 Å². The van der Waals surface area contributed by atoms with E-state index in [1.165, 1.54) is 4.90 Å². The standard InChI is InChI=1S/C30H44Cl2N4O6/c1-6-8-15-20(23(37)26(39)33-16-9-7-2)34-25(38)22-21-19(30(21,31)32)17-36(22)27(40)24(29(3,4)5)35-28(41)42-18-13-11-10-12-14-18/h6-7,18-22,24H,1-2,8-17H2,3-5H3,(H,33,39)(H,34,38)(H,35,41). The Morgan fingerprint density at radius 2 is 1.67 bits per heavy atom. The fourth-order valence-electron chi connectivity index (χ4n) is 5.78. The minimum Gasteiger partial charge on any atom is -0.446 e. The molecule has 3 rings (SSSR count). The molecule has 0 spiro atoms. The first-order chi connectivity index (χ1) is 19.7. The molecule has 0 radical (unpaired) electrons. The van der Waals surface area contributed by atoms with Gasteiger partial charge in [0.05, 0.1) is 6.04 Å². The summed E-state index contributed by atoms with van der Waals surface area (Å²) in [4.78, 5) is 67.4. The number of carbonyl (C=O) groups excluding carboxylic acids is 5. The van der Waals surface area contributed by atoms with E-state index in [4.69, 9.17) is 27.9 Å². The summed E-state index contributed by atoms with van der Waals surface area (Å²) in [7, 11) is 0. The van der Waals surface area contributed by atoms with Crippen molar-refractivity contribution in [1.29, 1.82) is 0 Å². The van der Waals surface area contributed by atoms with Crippen molar-refractivity contribution in [1.82, 2.24) is 20.9 Å². The van der Waals surface area contributed by atoms with E-state index >= 15 is 0 Å². The minimum atomic E-state index is -1.22. The predicted molar refractivity (Wildman–Crippen MR) is 161 cm³/mol. The molecule has 5 unspecified atom stereocenters. The average Bonchev–Trinajstić information content (AvgIpc) is 3.24. The number of ether oxygens (including phenoxy) is 1. The summed E-state index contributed by atoms with van der Waals surface area (Å²) in [5, 5.41) is 7.94. The van der Waals surface area contributed by atoms with Crippen LogP contribution in [-0.2, 0) is 23.9 Å². The van der Waals surface area contributed by atoms with Gasteiger partial charge in [0.15, 0.2) is 0 Å². The quantitative estimate of drug-likeness (QED) is 0.123. The molecule has 2 saturated carbocycles. The first kappa shape index (κ1) is 33.9. The number of halogens is 2. The number of piperidine rings is 1. The number of Topliss-reactive ketones (excluding diaryl/α,β-unsaturated/α-hetero) is 1. The molecule has 3 aliphatic rings. The zero-order chi connectivity index (χ0) is 31.2. The minimum absolute atomic E-state index is 0.105. The van der Waals surface area contributed by atoms with E-state index in [9.17, 15) is 24.0 Å². The van der Waals surface area contributed by atoms with E-state index in [0.29, 0.717) is 12.8 Å². The fraction of sp³-hybridized carbons (Fsp3) is 0.700. The highest BCUT2D eigenvalue weighted by atomic mass is 35.5. The van der Waals surface area contributed by atoms with Gasteiger partial charge in [0.25, 0.3) is 5.91 Å². The average molecular weight is 628 g/mol. The van der Waals surface area contributed by atoms with Gasteiger partial charge in [-0.2, -0.15) is 0 Å². The third kappa shape index (κ3) is 8.07. The Hall–Kier alpha value is -2.59. The van der Waals surface area contributed by atoms with Gasteiger partial charge in [-0.15, -0.1) is 36.4 Å². The summed E-state index contributed by atoms with van der Waals surface area (Å²) in [5.41, 5.74) is -0.721. The van der Waals surface area contributed by atoms with Crippen LogP contribution in [0, 0.1) is 17.3 Å². The van der Waals surface area contributed by atoms with Gasteiger partial charge in [-0.25, -0.2) is 4.79 Å². The topological polar surface area (TPSA) is 134 Å². The van der Waals surface area contributed by atoms with E-state index in [1.54, 1.807) is 12.2 Å². The number of fused-ring (bicyclic) bond motifs is 1. The van der Waals surface area contributed by atoms with Gasteiger partial charge < -0.3 is 25.6 Å². The SMILES string of the molecule is C=CCCNC(=O)C(=O)C(CCC=C)NC(=O)C1C2C(CN1C(=O)C(NC(=O)OC1CCCCC1)C(C)(C)C)C2(Cl)Cl. The lowest BCUT2D eigenvalue weighted by atomic mass is 9.85. The summed E-state index contributed by atoms with van der Waals surface area (Å²) < 4.78 is 4.39. The van der Waals surface area contributed by atoms with Crippen LogP contribution in [0.1, 0.15) is 72.1 Å².